The van der Waals surface area contributed by atoms with Crippen LogP contribution in [0, 0.1) is 0 Å². The fraction of sp³-hybridized carbons (Fsp3) is 0.700. The van der Waals surface area contributed by atoms with Crippen molar-refractivity contribution in [3.8, 4) is 0 Å². The Bertz CT molecular complexity index is 380. The van der Waals surface area contributed by atoms with Crippen LogP contribution in [-0.4, -0.2) is 33.3 Å². The summed E-state index contributed by atoms with van der Waals surface area (Å²) in [6.45, 7) is 6.83. The highest BCUT2D eigenvalue weighted by atomic mass is 32.2. The number of amides is 1. The SMILES string of the molecule is COS(=O)(=O)/C=C/C(C)NC(=O)OC(C)(C)C. The van der Waals surface area contributed by atoms with Gasteiger partial charge >= 0.3 is 6.09 Å². The lowest BCUT2D eigenvalue weighted by molar-refractivity contribution is 0.0518. The second-order valence-electron chi connectivity index (χ2n) is 4.42. The Labute approximate surface area is 102 Å². The van der Waals surface area contributed by atoms with Gasteiger partial charge in [-0.15, -0.1) is 0 Å². The van der Waals surface area contributed by atoms with Gasteiger partial charge in [-0.05, 0) is 33.8 Å². The molecule has 100 valence electrons. The molecular weight excluding hydrogens is 246 g/mol. The van der Waals surface area contributed by atoms with E-state index in [0.29, 0.717) is 0 Å². The van der Waals surface area contributed by atoms with Crippen LogP contribution >= 0.6 is 0 Å². The van der Waals surface area contributed by atoms with Crippen molar-refractivity contribution >= 4 is 16.2 Å². The molecule has 0 heterocycles. The van der Waals surface area contributed by atoms with Crippen molar-refractivity contribution < 1.29 is 22.1 Å². The Morgan fingerprint density at radius 2 is 1.88 bits per heavy atom. The van der Waals surface area contributed by atoms with E-state index >= 15 is 0 Å². The van der Waals surface area contributed by atoms with Gasteiger partial charge < -0.3 is 10.1 Å². The van der Waals surface area contributed by atoms with Gasteiger partial charge in [0.2, 0.25) is 0 Å². The lowest BCUT2D eigenvalue weighted by Gasteiger charge is -2.20. The molecule has 1 amide bonds. The van der Waals surface area contributed by atoms with Crippen LogP contribution in [0.4, 0.5) is 4.79 Å². The summed E-state index contributed by atoms with van der Waals surface area (Å²) in [5.74, 6) is 0. The number of nitrogens with one attached hydrogen (secondary N) is 1. The number of ether oxygens (including phenoxy) is 1. The van der Waals surface area contributed by atoms with Crippen molar-refractivity contribution in [3.63, 3.8) is 0 Å². The predicted molar refractivity (Wildman–Crippen MR) is 63.9 cm³/mol. The molecule has 0 saturated heterocycles. The number of hydrogen-bond donors (Lipinski definition) is 1. The van der Waals surface area contributed by atoms with Gasteiger partial charge in [-0.1, -0.05) is 0 Å². The molecule has 0 fully saturated rings. The van der Waals surface area contributed by atoms with E-state index < -0.39 is 27.9 Å². The Morgan fingerprint density at radius 1 is 1.35 bits per heavy atom. The fourth-order valence-electron chi connectivity index (χ4n) is 0.811. The Balaban J connectivity index is 4.29. The molecule has 1 N–H and O–H groups in total. The van der Waals surface area contributed by atoms with Crippen molar-refractivity contribution in [1.82, 2.24) is 5.32 Å². The van der Waals surface area contributed by atoms with Gasteiger partial charge in [-0.2, -0.15) is 8.42 Å². The zero-order valence-corrected chi connectivity index (χ0v) is 11.5. The van der Waals surface area contributed by atoms with Gasteiger partial charge in [0.25, 0.3) is 10.1 Å². The molecule has 0 aliphatic rings. The van der Waals surface area contributed by atoms with E-state index in [9.17, 15) is 13.2 Å². The lowest BCUT2D eigenvalue weighted by atomic mass is 10.2. The smallest absolute Gasteiger partial charge is 0.408 e. The molecule has 0 rings (SSSR count). The maximum Gasteiger partial charge on any atom is 0.408 e. The maximum absolute atomic E-state index is 11.3. The zero-order valence-electron chi connectivity index (χ0n) is 10.7. The molecule has 0 aromatic carbocycles. The highest BCUT2D eigenvalue weighted by Crippen LogP contribution is 2.06. The number of rotatable bonds is 4. The van der Waals surface area contributed by atoms with Gasteiger partial charge in [0.1, 0.15) is 5.60 Å². The van der Waals surface area contributed by atoms with Crippen molar-refractivity contribution in [2.45, 2.75) is 39.3 Å². The summed E-state index contributed by atoms with van der Waals surface area (Å²) in [7, 11) is -2.60. The third-order valence-corrected chi connectivity index (χ3v) is 2.47. The molecule has 17 heavy (non-hydrogen) atoms. The van der Waals surface area contributed by atoms with Gasteiger partial charge in [-0.3, -0.25) is 4.18 Å². The quantitative estimate of drug-likeness (QED) is 0.777. The number of carbonyl (C=O) groups is 1. The molecule has 0 spiro atoms. The summed E-state index contributed by atoms with van der Waals surface area (Å²) in [6.07, 6.45) is 0.687. The summed E-state index contributed by atoms with van der Waals surface area (Å²) >= 11 is 0. The van der Waals surface area contributed by atoms with Crippen LogP contribution in [0.15, 0.2) is 11.5 Å². The topological polar surface area (TPSA) is 81.7 Å². The summed E-state index contributed by atoms with van der Waals surface area (Å²) in [4.78, 5) is 11.3. The summed E-state index contributed by atoms with van der Waals surface area (Å²) in [5, 5.41) is 3.35. The molecule has 0 radical (unpaired) electrons. The monoisotopic (exact) mass is 265 g/mol. The predicted octanol–water partition coefficient (Wildman–Crippen LogP) is 1.39. The largest absolute Gasteiger partial charge is 0.444 e. The van der Waals surface area contributed by atoms with E-state index in [1.807, 2.05) is 0 Å². The minimum Gasteiger partial charge on any atom is -0.444 e. The van der Waals surface area contributed by atoms with Crippen molar-refractivity contribution in [3.05, 3.63) is 11.5 Å². The summed E-state index contributed by atoms with van der Waals surface area (Å²) < 4.78 is 31.1. The van der Waals surface area contributed by atoms with Crippen LogP contribution < -0.4 is 5.32 Å². The van der Waals surface area contributed by atoms with Gasteiger partial charge in [-0.25, -0.2) is 4.79 Å². The second-order valence-corrected chi connectivity index (χ2v) is 6.01. The molecule has 0 aromatic heterocycles. The highest BCUT2D eigenvalue weighted by molar-refractivity contribution is 7.89. The molecule has 7 heteroatoms. The molecule has 1 unspecified atom stereocenters. The minimum absolute atomic E-state index is 0.477. The average Bonchev–Trinajstić information content (AvgIpc) is 2.12. The number of hydrogen-bond acceptors (Lipinski definition) is 5. The fourth-order valence-corrected chi connectivity index (χ4v) is 1.35. The van der Waals surface area contributed by atoms with Crippen molar-refractivity contribution in [2.24, 2.45) is 0 Å². The molecule has 0 aromatic rings. The minimum atomic E-state index is -3.66. The molecule has 1 atom stereocenters. The van der Waals surface area contributed by atoms with E-state index in [4.69, 9.17) is 4.74 Å². The zero-order chi connectivity index (χ0) is 13.7. The highest BCUT2D eigenvalue weighted by Gasteiger charge is 2.17. The summed E-state index contributed by atoms with van der Waals surface area (Å²) in [6, 6.07) is -0.477. The van der Waals surface area contributed by atoms with Crippen LogP contribution in [0.1, 0.15) is 27.7 Å². The van der Waals surface area contributed by atoms with Crippen LogP contribution in [0.5, 0.6) is 0 Å². The first-order valence-corrected chi connectivity index (χ1v) is 6.51. The lowest BCUT2D eigenvalue weighted by Crippen LogP contribution is -2.36. The number of alkyl carbamates (subject to hydrolysis) is 1. The molecule has 0 aliphatic heterocycles. The van der Waals surface area contributed by atoms with Gasteiger partial charge in [0.15, 0.2) is 0 Å². The van der Waals surface area contributed by atoms with Crippen LogP contribution in [-0.2, 0) is 19.0 Å². The number of carbonyl (C=O) groups excluding carboxylic acids is 1. The Kier molecular flexibility index (Phi) is 5.63. The van der Waals surface area contributed by atoms with Crippen molar-refractivity contribution in [2.75, 3.05) is 7.11 Å². The normalized spacial score (nSPS) is 14.6. The first kappa shape index (κ1) is 15.9. The van der Waals surface area contributed by atoms with E-state index in [1.165, 1.54) is 6.08 Å². The molecule has 0 saturated carbocycles. The molecule has 0 bridgehead atoms. The third-order valence-electron chi connectivity index (χ3n) is 1.51. The van der Waals surface area contributed by atoms with E-state index in [0.717, 1.165) is 12.5 Å². The summed E-state index contributed by atoms with van der Waals surface area (Å²) in [5.41, 5.74) is -0.591. The third kappa shape index (κ3) is 8.70. The van der Waals surface area contributed by atoms with Gasteiger partial charge in [0, 0.05) is 6.04 Å². The standard InChI is InChI=1S/C10H19NO5S/c1-8(6-7-17(13,14)15-5)11-9(12)16-10(2,3)4/h6-8H,1-5H3,(H,11,12)/b7-6+. The van der Waals surface area contributed by atoms with Crippen LogP contribution in [0.2, 0.25) is 0 Å². The maximum atomic E-state index is 11.3. The Hall–Kier alpha value is -1.08. The van der Waals surface area contributed by atoms with Crippen LogP contribution in [0.25, 0.3) is 0 Å². The molecule has 0 aliphatic carbocycles. The molecular formula is C10H19NO5S. The average molecular weight is 265 g/mol. The van der Waals surface area contributed by atoms with E-state index in [2.05, 4.69) is 9.50 Å². The second kappa shape index (κ2) is 6.02. The first-order chi connectivity index (χ1) is 7.56. The van der Waals surface area contributed by atoms with E-state index in [-0.39, 0.29) is 0 Å². The van der Waals surface area contributed by atoms with E-state index in [1.54, 1.807) is 27.7 Å². The molecule has 6 nitrogen and oxygen atoms in total. The van der Waals surface area contributed by atoms with Crippen molar-refractivity contribution in [1.29, 1.82) is 0 Å². The van der Waals surface area contributed by atoms with Crippen LogP contribution in [0.3, 0.4) is 0 Å². The van der Waals surface area contributed by atoms with Gasteiger partial charge in [0.05, 0.1) is 12.5 Å². The Morgan fingerprint density at radius 3 is 2.29 bits per heavy atom. The first-order valence-electron chi connectivity index (χ1n) is 5.04.